The fraction of sp³-hybridized carbons (Fsp3) is 0.500. The zero-order valence-electron chi connectivity index (χ0n) is 18.4. The van der Waals surface area contributed by atoms with Gasteiger partial charge in [-0.3, -0.25) is 19.2 Å². The van der Waals surface area contributed by atoms with Crippen molar-refractivity contribution >= 4 is 41.3 Å². The number of hydrogen-bond acceptors (Lipinski definition) is 4. The number of piperidine rings is 1. The number of primary amides is 1. The first kappa shape index (κ1) is 23.3. The van der Waals surface area contributed by atoms with E-state index in [4.69, 9.17) is 17.3 Å². The molecule has 0 radical (unpaired) electrons. The normalized spacial score (nSPS) is 21.3. The first-order valence-electron chi connectivity index (χ1n) is 11.5. The highest BCUT2D eigenvalue weighted by molar-refractivity contribution is 6.30. The van der Waals surface area contributed by atoms with E-state index in [9.17, 15) is 19.2 Å². The molecule has 2 aliphatic carbocycles. The number of nitrogens with one attached hydrogen (secondary N) is 3. The van der Waals surface area contributed by atoms with Crippen LogP contribution in [0.25, 0.3) is 6.08 Å². The predicted molar refractivity (Wildman–Crippen MR) is 124 cm³/mol. The van der Waals surface area contributed by atoms with Crippen molar-refractivity contribution in [2.75, 3.05) is 6.54 Å². The van der Waals surface area contributed by atoms with E-state index in [1.807, 2.05) is 12.1 Å². The van der Waals surface area contributed by atoms with Gasteiger partial charge in [-0.2, -0.15) is 0 Å². The molecule has 1 saturated carbocycles. The quantitative estimate of drug-likeness (QED) is 0.433. The molecule has 176 valence electrons. The Hall–Kier alpha value is -2.87. The molecule has 3 atom stereocenters. The molecule has 0 bridgehead atoms. The summed E-state index contributed by atoms with van der Waals surface area (Å²) in [6, 6.07) is 3.73. The fourth-order valence-corrected chi connectivity index (χ4v) is 4.69. The van der Waals surface area contributed by atoms with Gasteiger partial charge < -0.3 is 21.7 Å². The Labute approximate surface area is 197 Å². The monoisotopic (exact) mass is 472 g/mol. The van der Waals surface area contributed by atoms with E-state index in [1.165, 1.54) is 0 Å². The second-order valence-corrected chi connectivity index (χ2v) is 9.66. The number of nitrogens with two attached hydrogens (primary N) is 1. The third-order valence-corrected chi connectivity index (χ3v) is 6.81. The highest BCUT2D eigenvalue weighted by Gasteiger charge is 2.34. The van der Waals surface area contributed by atoms with Crippen LogP contribution in [0.3, 0.4) is 0 Å². The summed E-state index contributed by atoms with van der Waals surface area (Å²) in [5.41, 5.74) is 8.00. The molecular formula is C24H29ClN4O4. The Morgan fingerprint density at radius 2 is 1.91 bits per heavy atom. The molecule has 3 aliphatic rings. The van der Waals surface area contributed by atoms with Crippen molar-refractivity contribution in [2.24, 2.45) is 17.6 Å². The molecule has 8 nitrogen and oxygen atoms in total. The molecule has 4 amide bonds. The summed E-state index contributed by atoms with van der Waals surface area (Å²) in [5.74, 6) is -1.59. The zero-order chi connectivity index (χ0) is 23.5. The van der Waals surface area contributed by atoms with Crippen molar-refractivity contribution in [1.82, 2.24) is 16.0 Å². The predicted octanol–water partition coefficient (Wildman–Crippen LogP) is 1.45. The van der Waals surface area contributed by atoms with Crippen molar-refractivity contribution in [1.29, 1.82) is 0 Å². The van der Waals surface area contributed by atoms with Crippen LogP contribution in [0.2, 0.25) is 5.02 Å². The van der Waals surface area contributed by atoms with Crippen LogP contribution < -0.4 is 21.7 Å². The van der Waals surface area contributed by atoms with E-state index in [2.05, 4.69) is 16.0 Å². The lowest BCUT2D eigenvalue weighted by Crippen LogP contribution is -2.54. The second-order valence-electron chi connectivity index (χ2n) is 9.22. The molecule has 2 fully saturated rings. The number of fused-ring (bicyclic) bond motifs is 1. The second kappa shape index (κ2) is 9.95. The van der Waals surface area contributed by atoms with Gasteiger partial charge in [-0.15, -0.1) is 0 Å². The van der Waals surface area contributed by atoms with Gasteiger partial charge in [-0.1, -0.05) is 30.5 Å². The fourth-order valence-electron chi connectivity index (χ4n) is 4.49. The Morgan fingerprint density at radius 1 is 1.12 bits per heavy atom. The molecule has 1 saturated heterocycles. The Balaban J connectivity index is 1.40. The van der Waals surface area contributed by atoms with Gasteiger partial charge in [0.25, 0.3) is 0 Å². The minimum atomic E-state index is -0.970. The van der Waals surface area contributed by atoms with E-state index in [1.54, 1.807) is 12.1 Å². The largest absolute Gasteiger partial charge is 0.368 e. The van der Waals surface area contributed by atoms with Crippen molar-refractivity contribution in [3.63, 3.8) is 0 Å². The van der Waals surface area contributed by atoms with Gasteiger partial charge >= 0.3 is 0 Å². The Bertz CT molecular complexity index is 1000. The van der Waals surface area contributed by atoms with Gasteiger partial charge in [0.2, 0.25) is 23.6 Å². The van der Waals surface area contributed by atoms with Crippen molar-refractivity contribution < 1.29 is 19.2 Å². The first-order chi connectivity index (χ1) is 15.8. The molecule has 0 spiro atoms. The van der Waals surface area contributed by atoms with Gasteiger partial charge in [0.1, 0.15) is 12.1 Å². The molecular weight excluding hydrogens is 444 g/mol. The molecule has 33 heavy (non-hydrogen) atoms. The van der Waals surface area contributed by atoms with Crippen LogP contribution >= 0.6 is 11.6 Å². The van der Waals surface area contributed by atoms with Crippen LogP contribution in [-0.4, -0.2) is 42.3 Å². The lowest BCUT2D eigenvalue weighted by molar-refractivity contribution is -0.132. The SMILES string of the molecule is NC(=O)[C@H](C[C@@H]1CCCNC1=O)NC(=O)[C@H](CC1CC1)NC(=O)C1=Cc2ccc(Cl)cc2C1. The molecule has 1 heterocycles. The van der Waals surface area contributed by atoms with E-state index in [-0.39, 0.29) is 24.2 Å². The molecule has 0 unspecified atom stereocenters. The standard InChI is InChI=1S/C24H29ClN4O4/c25-18-6-5-14-9-17(10-16(14)11-18)23(32)29-20(8-13-3-4-13)24(33)28-19(21(26)30)12-15-2-1-7-27-22(15)31/h5-6,9,11,13,15,19-20H,1-4,7-8,10,12H2,(H2,26,30)(H,27,31)(H,28,33)(H,29,32)/t15-,19-,20-/m0/s1. The third-order valence-electron chi connectivity index (χ3n) is 6.57. The minimum Gasteiger partial charge on any atom is -0.368 e. The maximum Gasteiger partial charge on any atom is 0.248 e. The number of carbonyl (C=O) groups is 4. The third kappa shape index (κ3) is 5.93. The molecule has 1 aliphatic heterocycles. The molecule has 4 rings (SSSR count). The average molecular weight is 473 g/mol. The summed E-state index contributed by atoms with van der Waals surface area (Å²) in [6.45, 7) is 0.615. The van der Waals surface area contributed by atoms with Crippen LogP contribution in [0.1, 0.15) is 49.7 Å². The number of carbonyl (C=O) groups excluding carboxylic acids is 4. The van der Waals surface area contributed by atoms with E-state index in [0.717, 1.165) is 30.4 Å². The van der Waals surface area contributed by atoms with Gasteiger partial charge in [0, 0.05) is 29.5 Å². The maximum atomic E-state index is 13.1. The minimum absolute atomic E-state index is 0.127. The van der Waals surface area contributed by atoms with Gasteiger partial charge in [-0.25, -0.2) is 0 Å². The number of halogens is 1. The first-order valence-corrected chi connectivity index (χ1v) is 11.8. The number of rotatable bonds is 9. The van der Waals surface area contributed by atoms with Crippen molar-refractivity contribution in [2.45, 2.75) is 57.0 Å². The number of benzene rings is 1. The summed E-state index contributed by atoms with van der Waals surface area (Å²) in [4.78, 5) is 50.2. The summed E-state index contributed by atoms with van der Waals surface area (Å²) < 4.78 is 0. The molecule has 1 aromatic carbocycles. The summed E-state index contributed by atoms with van der Waals surface area (Å²) >= 11 is 6.05. The maximum absolute atomic E-state index is 13.1. The lowest BCUT2D eigenvalue weighted by Gasteiger charge is -2.27. The summed E-state index contributed by atoms with van der Waals surface area (Å²) in [6.07, 6.45) is 6.38. The van der Waals surface area contributed by atoms with Crippen molar-refractivity contribution in [3.8, 4) is 0 Å². The number of amides is 4. The highest BCUT2D eigenvalue weighted by Crippen LogP contribution is 2.34. The van der Waals surface area contributed by atoms with E-state index in [0.29, 0.717) is 42.3 Å². The van der Waals surface area contributed by atoms with Crippen LogP contribution in [0.4, 0.5) is 0 Å². The van der Waals surface area contributed by atoms with Crippen LogP contribution in [0.5, 0.6) is 0 Å². The van der Waals surface area contributed by atoms with Gasteiger partial charge in [0.05, 0.1) is 0 Å². The van der Waals surface area contributed by atoms with Crippen molar-refractivity contribution in [3.05, 3.63) is 39.9 Å². The van der Waals surface area contributed by atoms with Crippen LogP contribution in [0, 0.1) is 11.8 Å². The Morgan fingerprint density at radius 3 is 2.61 bits per heavy atom. The van der Waals surface area contributed by atoms with E-state index < -0.39 is 23.9 Å². The summed E-state index contributed by atoms with van der Waals surface area (Å²) in [7, 11) is 0. The zero-order valence-corrected chi connectivity index (χ0v) is 19.1. The van der Waals surface area contributed by atoms with Gasteiger partial charge in [-0.05, 0) is 60.9 Å². The molecule has 9 heteroatoms. The average Bonchev–Trinajstić information content (AvgIpc) is 3.49. The van der Waals surface area contributed by atoms with Crippen LogP contribution in [-0.2, 0) is 25.6 Å². The number of hydrogen-bond donors (Lipinski definition) is 4. The summed E-state index contributed by atoms with van der Waals surface area (Å²) in [5, 5.41) is 8.94. The van der Waals surface area contributed by atoms with Crippen LogP contribution in [0.15, 0.2) is 23.8 Å². The molecule has 5 N–H and O–H groups in total. The topological polar surface area (TPSA) is 130 Å². The smallest absolute Gasteiger partial charge is 0.248 e. The van der Waals surface area contributed by atoms with E-state index >= 15 is 0 Å². The molecule has 1 aromatic rings. The molecule has 0 aromatic heterocycles. The lowest BCUT2D eigenvalue weighted by atomic mass is 9.91. The Kier molecular flexibility index (Phi) is 7.02. The van der Waals surface area contributed by atoms with Gasteiger partial charge in [0.15, 0.2) is 0 Å². The highest BCUT2D eigenvalue weighted by atomic mass is 35.5.